The van der Waals surface area contributed by atoms with E-state index in [0.717, 1.165) is 36.5 Å². The van der Waals surface area contributed by atoms with Crippen LogP contribution in [0.1, 0.15) is 42.7 Å². The normalized spacial score (nSPS) is 19.7. The van der Waals surface area contributed by atoms with Gasteiger partial charge in [0.05, 0.1) is 11.3 Å². The Morgan fingerprint density at radius 3 is 2.56 bits per heavy atom. The zero-order valence-electron chi connectivity index (χ0n) is 10.0. The first-order valence-electron chi connectivity index (χ1n) is 5.99. The van der Waals surface area contributed by atoms with E-state index in [1.165, 1.54) is 11.3 Å². The maximum atomic E-state index is 10.3. The van der Waals surface area contributed by atoms with Crippen LogP contribution in [-0.4, -0.2) is 22.2 Å². The molecule has 1 aliphatic rings. The topological polar surface area (TPSA) is 45.2 Å². The molecule has 0 aromatic carbocycles. The minimum atomic E-state index is -0.508. The third-order valence-electron chi connectivity index (χ3n) is 3.38. The van der Waals surface area contributed by atoms with Crippen molar-refractivity contribution < 1.29 is 5.11 Å². The first-order chi connectivity index (χ1) is 7.59. The molecule has 0 unspecified atom stereocenters. The zero-order valence-corrected chi connectivity index (χ0v) is 10.9. The fourth-order valence-corrected chi connectivity index (χ4v) is 2.99. The zero-order chi connectivity index (χ0) is 11.6. The maximum absolute atomic E-state index is 10.3. The van der Waals surface area contributed by atoms with E-state index in [1.54, 1.807) is 11.3 Å². The van der Waals surface area contributed by atoms with Gasteiger partial charge in [-0.05, 0) is 26.7 Å². The summed E-state index contributed by atoms with van der Waals surface area (Å²) in [7, 11) is 0. The van der Waals surface area contributed by atoms with Crippen LogP contribution in [0.5, 0.6) is 0 Å². The molecule has 16 heavy (non-hydrogen) atoms. The first-order valence-corrected chi connectivity index (χ1v) is 6.81. The smallest absolute Gasteiger partial charge is 0.183 e. The summed E-state index contributed by atoms with van der Waals surface area (Å²) in [5.74, 6) is 0. The Morgan fingerprint density at radius 1 is 1.31 bits per heavy atom. The van der Waals surface area contributed by atoms with Crippen molar-refractivity contribution in [3.8, 4) is 0 Å². The van der Waals surface area contributed by atoms with Crippen LogP contribution in [0.2, 0.25) is 0 Å². The Morgan fingerprint density at radius 2 is 2.00 bits per heavy atom. The van der Waals surface area contributed by atoms with Gasteiger partial charge in [-0.15, -0.1) is 11.3 Å². The Balaban J connectivity index is 1.91. The molecule has 3 nitrogen and oxygen atoms in total. The predicted octanol–water partition coefficient (Wildman–Crippen LogP) is 2.87. The molecule has 1 aromatic rings. The van der Waals surface area contributed by atoms with Gasteiger partial charge in [0.25, 0.3) is 0 Å². The van der Waals surface area contributed by atoms with Gasteiger partial charge < -0.3 is 10.4 Å². The summed E-state index contributed by atoms with van der Waals surface area (Å²) in [5.41, 5.74) is 0.578. The van der Waals surface area contributed by atoms with E-state index in [9.17, 15) is 5.11 Å². The van der Waals surface area contributed by atoms with Crippen LogP contribution in [0, 0.1) is 13.8 Å². The molecule has 1 aliphatic carbocycles. The molecule has 1 saturated carbocycles. The third-order valence-corrected chi connectivity index (χ3v) is 4.41. The van der Waals surface area contributed by atoms with Crippen LogP contribution in [0.15, 0.2) is 0 Å². The van der Waals surface area contributed by atoms with Crippen LogP contribution in [0.3, 0.4) is 0 Å². The van der Waals surface area contributed by atoms with Crippen molar-refractivity contribution >= 4 is 16.5 Å². The lowest BCUT2D eigenvalue weighted by Gasteiger charge is -2.32. The number of thiazole rings is 1. The van der Waals surface area contributed by atoms with Crippen molar-refractivity contribution in [1.29, 1.82) is 0 Å². The number of nitrogens with one attached hydrogen (secondary N) is 1. The summed E-state index contributed by atoms with van der Waals surface area (Å²) in [6.07, 6.45) is 5.40. The van der Waals surface area contributed by atoms with Crippen LogP contribution in [0.4, 0.5) is 5.13 Å². The summed E-state index contributed by atoms with van der Waals surface area (Å²) in [6, 6.07) is 0. The molecule has 90 valence electrons. The first kappa shape index (κ1) is 11.9. The quantitative estimate of drug-likeness (QED) is 0.854. The van der Waals surface area contributed by atoms with E-state index in [0.29, 0.717) is 6.54 Å². The highest BCUT2D eigenvalue weighted by molar-refractivity contribution is 7.15. The number of anilines is 1. The molecule has 0 saturated heterocycles. The number of hydrogen-bond acceptors (Lipinski definition) is 4. The van der Waals surface area contributed by atoms with E-state index < -0.39 is 5.60 Å². The predicted molar refractivity (Wildman–Crippen MR) is 68.1 cm³/mol. The molecule has 0 amide bonds. The molecule has 1 heterocycles. The molecule has 0 atom stereocenters. The van der Waals surface area contributed by atoms with Crippen molar-refractivity contribution in [3.63, 3.8) is 0 Å². The van der Waals surface area contributed by atoms with Crippen LogP contribution in [-0.2, 0) is 0 Å². The van der Waals surface area contributed by atoms with E-state index in [1.807, 2.05) is 6.92 Å². The largest absolute Gasteiger partial charge is 0.388 e. The third kappa shape index (κ3) is 2.74. The molecule has 0 bridgehead atoms. The van der Waals surface area contributed by atoms with Gasteiger partial charge in [0.15, 0.2) is 5.13 Å². The molecule has 0 radical (unpaired) electrons. The number of nitrogens with zero attached hydrogens (tertiary/aromatic N) is 1. The monoisotopic (exact) mass is 240 g/mol. The Bertz CT molecular complexity index is 336. The molecule has 0 aliphatic heterocycles. The fraction of sp³-hybridized carbons (Fsp3) is 0.750. The van der Waals surface area contributed by atoms with Crippen LogP contribution >= 0.6 is 11.3 Å². The molecular formula is C12H20N2OS. The van der Waals surface area contributed by atoms with Crippen molar-refractivity contribution in [2.75, 3.05) is 11.9 Å². The van der Waals surface area contributed by atoms with Gasteiger partial charge in [-0.3, -0.25) is 0 Å². The van der Waals surface area contributed by atoms with Crippen molar-refractivity contribution in [2.45, 2.75) is 51.6 Å². The lowest BCUT2D eigenvalue weighted by molar-refractivity contribution is 0.0167. The molecule has 2 N–H and O–H groups in total. The Labute approximate surface area is 101 Å². The van der Waals surface area contributed by atoms with Crippen molar-refractivity contribution in [1.82, 2.24) is 4.98 Å². The summed E-state index contributed by atoms with van der Waals surface area (Å²) in [6.45, 7) is 4.74. The fourth-order valence-electron chi connectivity index (χ4n) is 2.18. The summed E-state index contributed by atoms with van der Waals surface area (Å²) in [5, 5.41) is 14.5. The van der Waals surface area contributed by atoms with E-state index in [-0.39, 0.29) is 0 Å². The van der Waals surface area contributed by atoms with Gasteiger partial charge >= 0.3 is 0 Å². The summed E-state index contributed by atoms with van der Waals surface area (Å²) < 4.78 is 0. The highest BCUT2D eigenvalue weighted by Gasteiger charge is 2.29. The number of rotatable bonds is 3. The minimum Gasteiger partial charge on any atom is -0.388 e. The lowest BCUT2D eigenvalue weighted by Crippen LogP contribution is -2.38. The SMILES string of the molecule is Cc1nc(NCC2(O)CCCCC2)sc1C. The number of aliphatic hydroxyl groups is 1. The van der Waals surface area contributed by atoms with Crippen LogP contribution in [0.25, 0.3) is 0 Å². The average molecular weight is 240 g/mol. The molecule has 1 fully saturated rings. The van der Waals surface area contributed by atoms with Gasteiger partial charge in [-0.2, -0.15) is 0 Å². The number of hydrogen-bond donors (Lipinski definition) is 2. The highest BCUT2D eigenvalue weighted by Crippen LogP contribution is 2.29. The maximum Gasteiger partial charge on any atom is 0.183 e. The second-order valence-corrected chi connectivity index (χ2v) is 6.00. The van der Waals surface area contributed by atoms with E-state index in [2.05, 4.69) is 17.2 Å². The standard InChI is InChI=1S/C12H20N2OS/c1-9-10(2)16-11(14-9)13-8-12(15)6-4-3-5-7-12/h15H,3-8H2,1-2H3,(H,13,14). The molecule has 0 spiro atoms. The summed E-state index contributed by atoms with van der Waals surface area (Å²) >= 11 is 1.67. The highest BCUT2D eigenvalue weighted by atomic mass is 32.1. The summed E-state index contributed by atoms with van der Waals surface area (Å²) in [4.78, 5) is 5.67. The molecule has 2 rings (SSSR count). The van der Waals surface area contributed by atoms with Gasteiger partial charge in [0, 0.05) is 11.4 Å². The number of aromatic nitrogens is 1. The molecule has 4 heteroatoms. The van der Waals surface area contributed by atoms with E-state index in [4.69, 9.17) is 0 Å². The number of aryl methyl sites for hydroxylation is 2. The second-order valence-electron chi connectivity index (χ2n) is 4.80. The average Bonchev–Trinajstić information content (AvgIpc) is 2.57. The van der Waals surface area contributed by atoms with Crippen molar-refractivity contribution in [2.24, 2.45) is 0 Å². The molecule has 1 aromatic heterocycles. The lowest BCUT2D eigenvalue weighted by atomic mass is 9.85. The molecular weight excluding hydrogens is 220 g/mol. The minimum absolute atomic E-state index is 0.508. The van der Waals surface area contributed by atoms with Gasteiger partial charge in [0.1, 0.15) is 0 Å². The van der Waals surface area contributed by atoms with Crippen LogP contribution < -0.4 is 5.32 Å². The Kier molecular flexibility index (Phi) is 3.50. The van der Waals surface area contributed by atoms with Gasteiger partial charge in [-0.1, -0.05) is 19.3 Å². The van der Waals surface area contributed by atoms with Gasteiger partial charge in [-0.25, -0.2) is 4.98 Å². The van der Waals surface area contributed by atoms with Gasteiger partial charge in [0.2, 0.25) is 0 Å². The second kappa shape index (κ2) is 4.72. The van der Waals surface area contributed by atoms with E-state index >= 15 is 0 Å². The van der Waals surface area contributed by atoms with Crippen molar-refractivity contribution in [3.05, 3.63) is 10.6 Å². The Hall–Kier alpha value is -0.610.